The van der Waals surface area contributed by atoms with Crippen LogP contribution in [0.5, 0.6) is 0 Å². The molecule has 0 fully saturated rings. The molecule has 0 saturated heterocycles. The highest BCUT2D eigenvalue weighted by molar-refractivity contribution is 5.96. The summed E-state index contributed by atoms with van der Waals surface area (Å²) in [5, 5.41) is 4.70. The fourth-order valence-corrected chi connectivity index (χ4v) is 3.64. The molecule has 4 rings (SSSR count). The van der Waals surface area contributed by atoms with Crippen LogP contribution in [0.4, 0.5) is 13.2 Å². The highest BCUT2D eigenvalue weighted by atomic mass is 19.4. The van der Waals surface area contributed by atoms with Crippen LogP contribution in [0.1, 0.15) is 48.0 Å². The lowest BCUT2D eigenvalue weighted by Crippen LogP contribution is -2.30. The van der Waals surface area contributed by atoms with Crippen LogP contribution in [-0.4, -0.2) is 25.2 Å². The molecule has 0 spiro atoms. The van der Waals surface area contributed by atoms with Crippen molar-refractivity contribution < 1.29 is 18.0 Å². The number of benzene rings is 1. The van der Waals surface area contributed by atoms with Gasteiger partial charge in [-0.05, 0) is 45.0 Å². The van der Waals surface area contributed by atoms with Gasteiger partial charge in [-0.3, -0.25) is 4.79 Å². The molecule has 3 heterocycles. The first kappa shape index (κ1) is 19.3. The van der Waals surface area contributed by atoms with E-state index in [1.54, 1.807) is 0 Å². The van der Waals surface area contributed by atoms with E-state index in [0.717, 1.165) is 17.4 Å². The molecule has 3 aromatic rings. The Balaban J connectivity index is 1.72. The molecule has 0 saturated carbocycles. The van der Waals surface area contributed by atoms with E-state index in [1.807, 2.05) is 54.5 Å². The number of rotatable bonds is 2. The Labute approximate surface area is 166 Å². The van der Waals surface area contributed by atoms with Crippen molar-refractivity contribution in [3.63, 3.8) is 0 Å². The summed E-state index contributed by atoms with van der Waals surface area (Å²) >= 11 is 0. The quantitative estimate of drug-likeness (QED) is 0.629. The SMILES string of the molecule is CC(C)(C)n1nc2c(c1-n1cccc1)CN(C(=O)c1ccccc1C(F)(F)F)C2. The fourth-order valence-electron chi connectivity index (χ4n) is 3.64. The summed E-state index contributed by atoms with van der Waals surface area (Å²) in [6.07, 6.45) is -0.802. The zero-order valence-corrected chi connectivity index (χ0v) is 16.4. The maximum absolute atomic E-state index is 13.3. The third-order valence-electron chi connectivity index (χ3n) is 4.96. The van der Waals surface area contributed by atoms with E-state index in [4.69, 9.17) is 5.10 Å². The lowest BCUT2D eigenvalue weighted by Gasteiger charge is -2.25. The van der Waals surface area contributed by atoms with Crippen molar-refractivity contribution in [1.82, 2.24) is 19.2 Å². The monoisotopic (exact) mass is 402 g/mol. The maximum Gasteiger partial charge on any atom is 0.417 e. The van der Waals surface area contributed by atoms with Gasteiger partial charge in [-0.15, -0.1) is 0 Å². The largest absolute Gasteiger partial charge is 0.417 e. The van der Waals surface area contributed by atoms with Gasteiger partial charge in [-0.2, -0.15) is 18.3 Å². The van der Waals surface area contributed by atoms with Crippen molar-refractivity contribution in [2.75, 3.05) is 0 Å². The molecule has 29 heavy (non-hydrogen) atoms. The molecule has 0 unspecified atom stereocenters. The second kappa shape index (κ2) is 6.50. The number of carbonyl (C=O) groups excluding carboxylic acids is 1. The molecule has 0 radical (unpaired) electrons. The Hall–Kier alpha value is -3.03. The van der Waals surface area contributed by atoms with E-state index in [0.29, 0.717) is 5.69 Å². The van der Waals surface area contributed by atoms with Gasteiger partial charge in [0.25, 0.3) is 5.91 Å². The summed E-state index contributed by atoms with van der Waals surface area (Å²) in [6.45, 7) is 6.49. The Morgan fingerprint density at radius 2 is 1.66 bits per heavy atom. The molecule has 0 bridgehead atoms. The van der Waals surface area contributed by atoms with E-state index >= 15 is 0 Å². The number of alkyl halides is 3. The summed E-state index contributed by atoms with van der Waals surface area (Å²) in [7, 11) is 0. The minimum atomic E-state index is -4.59. The van der Waals surface area contributed by atoms with E-state index in [9.17, 15) is 18.0 Å². The number of fused-ring (bicyclic) bond motifs is 1. The maximum atomic E-state index is 13.3. The van der Waals surface area contributed by atoms with Crippen molar-refractivity contribution >= 4 is 5.91 Å². The summed E-state index contributed by atoms with van der Waals surface area (Å²) in [5.74, 6) is 0.189. The second-order valence-corrected chi connectivity index (χ2v) is 8.13. The molecule has 1 aliphatic rings. The van der Waals surface area contributed by atoms with Gasteiger partial charge >= 0.3 is 6.18 Å². The van der Waals surface area contributed by atoms with Gasteiger partial charge in [0.1, 0.15) is 5.82 Å². The molecule has 5 nitrogen and oxygen atoms in total. The molecule has 1 aromatic carbocycles. The average molecular weight is 402 g/mol. The van der Waals surface area contributed by atoms with Gasteiger partial charge in [0.05, 0.1) is 35.4 Å². The van der Waals surface area contributed by atoms with Crippen molar-refractivity contribution in [3.8, 4) is 5.82 Å². The molecule has 1 amide bonds. The van der Waals surface area contributed by atoms with Crippen LogP contribution in [-0.2, 0) is 24.8 Å². The normalized spacial score (nSPS) is 14.3. The minimum Gasteiger partial charge on any atom is -0.328 e. The molecule has 1 aliphatic heterocycles. The molecule has 152 valence electrons. The van der Waals surface area contributed by atoms with Gasteiger partial charge in [-0.1, -0.05) is 12.1 Å². The highest BCUT2D eigenvalue weighted by Gasteiger charge is 2.38. The van der Waals surface area contributed by atoms with Crippen molar-refractivity contribution in [2.45, 2.75) is 45.6 Å². The summed E-state index contributed by atoms with van der Waals surface area (Å²) in [6, 6.07) is 8.68. The zero-order valence-electron chi connectivity index (χ0n) is 16.4. The minimum absolute atomic E-state index is 0.178. The van der Waals surface area contributed by atoms with Crippen LogP contribution in [0.15, 0.2) is 48.8 Å². The van der Waals surface area contributed by atoms with Crippen LogP contribution in [0.2, 0.25) is 0 Å². The molecule has 0 atom stereocenters. The van der Waals surface area contributed by atoms with Crippen molar-refractivity contribution in [2.24, 2.45) is 0 Å². The number of halogens is 3. The van der Waals surface area contributed by atoms with Gasteiger partial charge in [-0.25, -0.2) is 4.68 Å². The van der Waals surface area contributed by atoms with Crippen LogP contribution in [0.3, 0.4) is 0 Å². The van der Waals surface area contributed by atoms with Crippen LogP contribution in [0, 0.1) is 0 Å². The summed E-state index contributed by atoms with van der Waals surface area (Å²) in [4.78, 5) is 14.4. The van der Waals surface area contributed by atoms with Crippen LogP contribution < -0.4 is 0 Å². The summed E-state index contributed by atoms with van der Waals surface area (Å²) in [5.41, 5.74) is 0.0218. The van der Waals surface area contributed by atoms with Crippen molar-refractivity contribution in [1.29, 1.82) is 0 Å². The molecule has 8 heteroatoms. The second-order valence-electron chi connectivity index (χ2n) is 8.13. The van der Waals surface area contributed by atoms with Crippen molar-refractivity contribution in [3.05, 3.63) is 71.2 Å². The molecule has 2 aromatic heterocycles. The first-order chi connectivity index (χ1) is 13.6. The number of aromatic nitrogens is 3. The number of hydrogen-bond acceptors (Lipinski definition) is 2. The molecule has 0 N–H and O–H groups in total. The Morgan fingerprint density at radius 1 is 1.00 bits per heavy atom. The van der Waals surface area contributed by atoms with Gasteiger partial charge in [0, 0.05) is 18.0 Å². The van der Waals surface area contributed by atoms with Crippen LogP contribution >= 0.6 is 0 Å². The third-order valence-corrected chi connectivity index (χ3v) is 4.96. The van der Waals surface area contributed by atoms with E-state index < -0.39 is 17.6 Å². The van der Waals surface area contributed by atoms with Gasteiger partial charge in [0.2, 0.25) is 0 Å². The predicted molar refractivity (Wildman–Crippen MR) is 102 cm³/mol. The first-order valence-corrected chi connectivity index (χ1v) is 9.27. The average Bonchev–Trinajstić information content (AvgIpc) is 3.34. The van der Waals surface area contributed by atoms with Gasteiger partial charge < -0.3 is 9.47 Å². The Morgan fingerprint density at radius 3 is 2.28 bits per heavy atom. The number of hydrogen-bond donors (Lipinski definition) is 0. The zero-order chi connectivity index (χ0) is 21.0. The third kappa shape index (κ3) is 3.32. The Bertz CT molecular complexity index is 1060. The molecular weight excluding hydrogens is 381 g/mol. The topological polar surface area (TPSA) is 43.1 Å². The van der Waals surface area contributed by atoms with E-state index in [2.05, 4.69) is 0 Å². The summed E-state index contributed by atoms with van der Waals surface area (Å²) < 4.78 is 43.9. The highest BCUT2D eigenvalue weighted by Crippen LogP contribution is 2.36. The van der Waals surface area contributed by atoms with E-state index in [1.165, 1.54) is 23.1 Å². The number of nitrogens with zero attached hydrogens (tertiary/aromatic N) is 4. The van der Waals surface area contributed by atoms with E-state index in [-0.39, 0.29) is 24.2 Å². The van der Waals surface area contributed by atoms with Crippen LogP contribution in [0.25, 0.3) is 5.82 Å². The lowest BCUT2D eigenvalue weighted by molar-refractivity contribution is -0.138. The van der Waals surface area contributed by atoms with Gasteiger partial charge in [0.15, 0.2) is 0 Å². The molecular formula is C21H21F3N4O. The lowest BCUT2D eigenvalue weighted by atomic mass is 10.1. The number of carbonyl (C=O) groups is 1. The predicted octanol–water partition coefficient (Wildman–Crippen LogP) is 4.60. The number of amides is 1. The fraction of sp³-hybridized carbons (Fsp3) is 0.333. The smallest absolute Gasteiger partial charge is 0.328 e. The molecule has 0 aliphatic carbocycles. The Kier molecular flexibility index (Phi) is 4.33. The first-order valence-electron chi connectivity index (χ1n) is 9.27. The standard InChI is InChI=1S/C21H21F3N4O/c1-20(2,3)28-18(26-10-6-7-11-26)15-12-27(13-17(15)25-28)19(29)14-8-4-5-9-16(14)21(22,23)24/h4-11H,12-13H2,1-3H3.